The lowest BCUT2D eigenvalue weighted by molar-refractivity contribution is 0.179. The number of nitrogens with zero attached hydrogens (tertiary/aromatic N) is 1. The van der Waals surface area contributed by atoms with Crippen LogP contribution in [-0.4, -0.2) is 36.6 Å². The molecule has 2 aromatic carbocycles. The smallest absolute Gasteiger partial charge is 0.318 e. The molecule has 0 bridgehead atoms. The largest absolute Gasteiger partial charge is 0.336 e. The fourth-order valence-corrected chi connectivity index (χ4v) is 4.03. The second-order valence-corrected chi connectivity index (χ2v) is 7.08. The Bertz CT molecular complexity index is 771. The molecule has 26 heavy (non-hydrogen) atoms. The average Bonchev–Trinajstić information content (AvgIpc) is 3.19. The van der Waals surface area contributed by atoms with E-state index in [1.165, 1.54) is 17.7 Å². The molecule has 0 spiro atoms. The van der Waals surface area contributed by atoms with Crippen LogP contribution < -0.4 is 10.6 Å². The number of rotatable bonds is 3. The molecule has 0 unspecified atom stereocenters. The first-order valence-electron chi connectivity index (χ1n) is 9.33. The van der Waals surface area contributed by atoms with Gasteiger partial charge in [0, 0.05) is 19.1 Å². The third-order valence-electron chi connectivity index (χ3n) is 5.39. The van der Waals surface area contributed by atoms with Gasteiger partial charge in [-0.05, 0) is 54.6 Å². The number of nitrogens with one attached hydrogen (secondary N) is 2. The van der Waals surface area contributed by atoms with E-state index in [-0.39, 0.29) is 17.9 Å². The van der Waals surface area contributed by atoms with E-state index in [4.69, 9.17) is 0 Å². The van der Waals surface area contributed by atoms with E-state index in [0.29, 0.717) is 19.1 Å². The van der Waals surface area contributed by atoms with Crippen LogP contribution in [0.3, 0.4) is 0 Å². The molecule has 4 nitrogen and oxygen atoms in total. The molecule has 0 saturated carbocycles. The molecule has 1 saturated heterocycles. The summed E-state index contributed by atoms with van der Waals surface area (Å²) in [5.41, 5.74) is 3.32. The van der Waals surface area contributed by atoms with Gasteiger partial charge in [-0.3, -0.25) is 0 Å². The second-order valence-electron chi connectivity index (χ2n) is 7.08. The third-order valence-corrected chi connectivity index (χ3v) is 5.39. The second kappa shape index (κ2) is 7.46. The number of halogens is 1. The standard InChI is InChI=1S/C21H24FN3O/c22-17-9-7-16(8-10-17)20-19-6-2-1-4-15(19)11-13-25(20)21(26)24-14-18-5-3-12-23-18/h1-2,4,6-10,18,20,23H,3,5,11-14H2,(H,24,26)/t18-,20+/m0/s1. The first-order chi connectivity index (χ1) is 12.7. The summed E-state index contributed by atoms with van der Waals surface area (Å²) in [5.74, 6) is -0.263. The van der Waals surface area contributed by atoms with Gasteiger partial charge < -0.3 is 15.5 Å². The zero-order valence-electron chi connectivity index (χ0n) is 14.7. The Hall–Kier alpha value is -2.40. The topological polar surface area (TPSA) is 44.4 Å². The molecule has 2 aromatic rings. The van der Waals surface area contributed by atoms with Crippen molar-refractivity contribution in [2.45, 2.75) is 31.3 Å². The maximum absolute atomic E-state index is 13.4. The van der Waals surface area contributed by atoms with Crippen LogP contribution in [0.1, 0.15) is 35.6 Å². The predicted molar refractivity (Wildman–Crippen MR) is 99.5 cm³/mol. The first-order valence-corrected chi connectivity index (χ1v) is 9.33. The number of benzene rings is 2. The van der Waals surface area contributed by atoms with Gasteiger partial charge in [-0.15, -0.1) is 0 Å². The number of hydrogen-bond acceptors (Lipinski definition) is 2. The SMILES string of the molecule is O=C(NC[C@@H]1CCCN1)N1CCc2ccccc2[C@H]1c1ccc(F)cc1. The molecule has 2 atom stereocenters. The lowest BCUT2D eigenvalue weighted by atomic mass is 9.88. The van der Waals surface area contributed by atoms with E-state index in [2.05, 4.69) is 22.8 Å². The van der Waals surface area contributed by atoms with E-state index >= 15 is 0 Å². The Balaban J connectivity index is 1.59. The molecule has 1 fully saturated rings. The Morgan fingerprint density at radius 1 is 1.19 bits per heavy atom. The summed E-state index contributed by atoms with van der Waals surface area (Å²) in [5, 5.41) is 6.49. The predicted octanol–water partition coefficient (Wildman–Crippen LogP) is 3.23. The summed E-state index contributed by atoms with van der Waals surface area (Å²) < 4.78 is 13.4. The van der Waals surface area contributed by atoms with Crippen LogP contribution in [0, 0.1) is 5.82 Å². The molecule has 2 amide bonds. The Morgan fingerprint density at radius 3 is 2.77 bits per heavy atom. The van der Waals surface area contributed by atoms with Crippen molar-refractivity contribution in [2.24, 2.45) is 0 Å². The molecular formula is C21H24FN3O. The molecule has 0 aliphatic carbocycles. The van der Waals surface area contributed by atoms with Crippen molar-refractivity contribution < 1.29 is 9.18 Å². The number of urea groups is 1. The summed E-state index contributed by atoms with van der Waals surface area (Å²) in [6, 6.07) is 14.8. The fourth-order valence-electron chi connectivity index (χ4n) is 4.03. The van der Waals surface area contributed by atoms with Gasteiger partial charge >= 0.3 is 6.03 Å². The Kier molecular flexibility index (Phi) is 4.89. The average molecular weight is 353 g/mol. The number of carbonyl (C=O) groups is 1. The van der Waals surface area contributed by atoms with E-state index in [1.54, 1.807) is 12.1 Å². The summed E-state index contributed by atoms with van der Waals surface area (Å²) in [6.45, 7) is 2.33. The Morgan fingerprint density at radius 2 is 2.00 bits per heavy atom. The van der Waals surface area contributed by atoms with Crippen LogP contribution in [0.5, 0.6) is 0 Å². The van der Waals surface area contributed by atoms with Crippen molar-refractivity contribution in [2.75, 3.05) is 19.6 Å². The van der Waals surface area contributed by atoms with Crippen LogP contribution in [0.2, 0.25) is 0 Å². The van der Waals surface area contributed by atoms with Crippen LogP contribution in [0.25, 0.3) is 0 Å². The van der Waals surface area contributed by atoms with Gasteiger partial charge in [-0.25, -0.2) is 9.18 Å². The highest BCUT2D eigenvalue weighted by molar-refractivity contribution is 5.76. The summed E-state index contributed by atoms with van der Waals surface area (Å²) in [6.07, 6.45) is 3.10. The van der Waals surface area contributed by atoms with Crippen molar-refractivity contribution in [3.8, 4) is 0 Å². The molecular weight excluding hydrogens is 329 g/mol. The van der Waals surface area contributed by atoms with Crippen molar-refractivity contribution in [1.29, 1.82) is 0 Å². The first kappa shape index (κ1) is 17.0. The minimum atomic E-state index is -0.263. The molecule has 2 aliphatic heterocycles. The van der Waals surface area contributed by atoms with Crippen molar-refractivity contribution in [1.82, 2.24) is 15.5 Å². The minimum Gasteiger partial charge on any atom is -0.336 e. The van der Waals surface area contributed by atoms with Gasteiger partial charge in [0.25, 0.3) is 0 Å². The van der Waals surface area contributed by atoms with Crippen LogP contribution >= 0.6 is 0 Å². The molecule has 2 heterocycles. The normalized spacial score (nSPS) is 22.1. The van der Waals surface area contributed by atoms with Crippen molar-refractivity contribution >= 4 is 6.03 Å². The van der Waals surface area contributed by atoms with Gasteiger partial charge in [0.15, 0.2) is 0 Å². The van der Waals surface area contributed by atoms with Gasteiger partial charge in [-0.2, -0.15) is 0 Å². The molecule has 2 aliphatic rings. The van der Waals surface area contributed by atoms with E-state index in [0.717, 1.165) is 36.9 Å². The maximum atomic E-state index is 13.4. The highest BCUT2D eigenvalue weighted by Crippen LogP contribution is 2.35. The zero-order valence-corrected chi connectivity index (χ0v) is 14.7. The van der Waals surface area contributed by atoms with E-state index in [1.807, 2.05) is 17.0 Å². The highest BCUT2D eigenvalue weighted by Gasteiger charge is 2.32. The molecule has 2 N–H and O–H groups in total. The number of carbonyl (C=O) groups excluding carboxylic acids is 1. The van der Waals surface area contributed by atoms with Gasteiger partial charge in [0.1, 0.15) is 5.82 Å². The van der Waals surface area contributed by atoms with Gasteiger partial charge in [-0.1, -0.05) is 36.4 Å². The van der Waals surface area contributed by atoms with E-state index in [9.17, 15) is 9.18 Å². The summed E-state index contributed by atoms with van der Waals surface area (Å²) in [4.78, 5) is 14.8. The number of hydrogen-bond donors (Lipinski definition) is 2. The number of amides is 2. The van der Waals surface area contributed by atoms with Crippen LogP contribution in [-0.2, 0) is 6.42 Å². The summed E-state index contributed by atoms with van der Waals surface area (Å²) in [7, 11) is 0. The minimum absolute atomic E-state index is 0.0532. The van der Waals surface area contributed by atoms with Gasteiger partial charge in [0.05, 0.1) is 6.04 Å². The van der Waals surface area contributed by atoms with Crippen molar-refractivity contribution in [3.05, 3.63) is 71.0 Å². The molecule has 136 valence electrons. The molecule has 0 aromatic heterocycles. The van der Waals surface area contributed by atoms with Crippen molar-refractivity contribution in [3.63, 3.8) is 0 Å². The summed E-state index contributed by atoms with van der Waals surface area (Å²) >= 11 is 0. The fraction of sp³-hybridized carbons (Fsp3) is 0.381. The molecule has 4 rings (SSSR count). The third kappa shape index (κ3) is 3.44. The lowest BCUT2D eigenvalue weighted by Crippen LogP contribution is -2.48. The monoisotopic (exact) mass is 353 g/mol. The van der Waals surface area contributed by atoms with Crippen LogP contribution in [0.4, 0.5) is 9.18 Å². The quantitative estimate of drug-likeness (QED) is 0.890. The highest BCUT2D eigenvalue weighted by atomic mass is 19.1. The maximum Gasteiger partial charge on any atom is 0.318 e. The van der Waals surface area contributed by atoms with E-state index < -0.39 is 0 Å². The molecule has 5 heteroatoms. The van der Waals surface area contributed by atoms with Gasteiger partial charge in [0.2, 0.25) is 0 Å². The van der Waals surface area contributed by atoms with Crippen LogP contribution in [0.15, 0.2) is 48.5 Å². The Labute approximate surface area is 153 Å². The zero-order chi connectivity index (χ0) is 17.9. The number of fused-ring (bicyclic) bond motifs is 1. The lowest BCUT2D eigenvalue weighted by Gasteiger charge is -2.38. The molecule has 0 radical (unpaired) electrons.